The minimum atomic E-state index is -0.268. The van der Waals surface area contributed by atoms with Gasteiger partial charge in [-0.05, 0) is 43.7 Å². The number of aliphatic hydroxyl groups is 1. The lowest BCUT2D eigenvalue weighted by atomic mass is 10.3. The van der Waals surface area contributed by atoms with Crippen molar-refractivity contribution >= 4 is 5.96 Å². The first kappa shape index (κ1) is 17.4. The molecule has 6 nitrogen and oxygen atoms in total. The van der Waals surface area contributed by atoms with E-state index in [-0.39, 0.29) is 11.9 Å². The first-order chi connectivity index (χ1) is 12.2. The summed E-state index contributed by atoms with van der Waals surface area (Å²) in [6.07, 6.45) is 3.11. The van der Waals surface area contributed by atoms with Crippen molar-refractivity contribution in [2.24, 2.45) is 4.99 Å². The number of likely N-dealkylation sites (tertiary alicyclic amines) is 1. The van der Waals surface area contributed by atoms with E-state index in [4.69, 9.17) is 0 Å². The van der Waals surface area contributed by atoms with Crippen LogP contribution in [0.2, 0.25) is 0 Å². The predicted octanol–water partition coefficient (Wildman–Crippen LogP) is 1.59. The molecule has 1 fully saturated rings. The first-order valence-electron chi connectivity index (χ1n) is 8.67. The second-order valence-corrected chi connectivity index (χ2v) is 6.10. The second kappa shape index (κ2) is 8.11. The minimum Gasteiger partial charge on any atom is -0.391 e. The molecule has 1 aliphatic rings. The standard InChI is InChI=1S/C18H24FN5O/c1-2-20-18(23-11-9-17(25)13-23)21-10-7-15-8-12-24(22-15)16-5-3-14(19)4-6-16/h3-6,8,12,17,25H,2,7,9-11,13H2,1H3,(H,20,21)/t17-/m1/s1. The lowest BCUT2D eigenvalue weighted by molar-refractivity contribution is 0.188. The lowest BCUT2D eigenvalue weighted by Gasteiger charge is -2.20. The molecule has 2 aromatic rings. The van der Waals surface area contributed by atoms with Gasteiger partial charge < -0.3 is 15.3 Å². The third-order valence-electron chi connectivity index (χ3n) is 4.16. The van der Waals surface area contributed by atoms with Crippen LogP contribution in [0.5, 0.6) is 0 Å². The van der Waals surface area contributed by atoms with Gasteiger partial charge in [-0.15, -0.1) is 0 Å². The Kier molecular flexibility index (Phi) is 5.65. The smallest absolute Gasteiger partial charge is 0.194 e. The molecule has 0 aliphatic carbocycles. The predicted molar refractivity (Wildman–Crippen MR) is 95.4 cm³/mol. The highest BCUT2D eigenvalue weighted by Crippen LogP contribution is 2.10. The maximum atomic E-state index is 13.0. The van der Waals surface area contributed by atoms with Crippen molar-refractivity contribution in [1.82, 2.24) is 20.0 Å². The number of guanidine groups is 1. The van der Waals surface area contributed by atoms with E-state index in [0.717, 1.165) is 43.3 Å². The Bertz CT molecular complexity index is 713. The molecule has 7 heteroatoms. The molecule has 134 valence electrons. The molecule has 2 heterocycles. The zero-order valence-corrected chi connectivity index (χ0v) is 14.4. The Labute approximate surface area is 147 Å². The van der Waals surface area contributed by atoms with Crippen LogP contribution in [0, 0.1) is 5.82 Å². The summed E-state index contributed by atoms with van der Waals surface area (Å²) in [6.45, 7) is 4.91. The molecule has 2 N–H and O–H groups in total. The zero-order valence-electron chi connectivity index (χ0n) is 14.4. The fourth-order valence-corrected chi connectivity index (χ4v) is 2.87. The number of halogens is 1. The zero-order chi connectivity index (χ0) is 17.6. The van der Waals surface area contributed by atoms with E-state index in [9.17, 15) is 9.50 Å². The summed E-state index contributed by atoms with van der Waals surface area (Å²) in [6, 6.07) is 8.20. The van der Waals surface area contributed by atoms with Crippen LogP contribution >= 0.6 is 0 Å². The Hall–Kier alpha value is -2.41. The van der Waals surface area contributed by atoms with Crippen LogP contribution in [0.15, 0.2) is 41.5 Å². The van der Waals surface area contributed by atoms with Crippen molar-refractivity contribution in [3.63, 3.8) is 0 Å². The molecule has 0 unspecified atom stereocenters. The van der Waals surface area contributed by atoms with Crippen LogP contribution in [-0.4, -0.2) is 58.0 Å². The van der Waals surface area contributed by atoms with E-state index in [0.29, 0.717) is 13.1 Å². The van der Waals surface area contributed by atoms with E-state index in [1.165, 1.54) is 12.1 Å². The van der Waals surface area contributed by atoms with Crippen molar-refractivity contribution in [1.29, 1.82) is 0 Å². The Morgan fingerprint density at radius 1 is 1.36 bits per heavy atom. The third-order valence-corrected chi connectivity index (χ3v) is 4.16. The normalized spacial score (nSPS) is 18.0. The minimum absolute atomic E-state index is 0.256. The molecule has 3 rings (SSSR count). The average molecular weight is 345 g/mol. The Morgan fingerprint density at radius 3 is 2.84 bits per heavy atom. The highest BCUT2D eigenvalue weighted by Gasteiger charge is 2.22. The van der Waals surface area contributed by atoms with Gasteiger partial charge in [-0.2, -0.15) is 5.10 Å². The largest absolute Gasteiger partial charge is 0.391 e. The van der Waals surface area contributed by atoms with Gasteiger partial charge in [0.25, 0.3) is 0 Å². The third kappa shape index (κ3) is 4.57. The summed E-state index contributed by atoms with van der Waals surface area (Å²) in [4.78, 5) is 6.73. The van der Waals surface area contributed by atoms with Crippen LogP contribution in [-0.2, 0) is 6.42 Å². The van der Waals surface area contributed by atoms with E-state index in [1.807, 2.05) is 19.2 Å². The second-order valence-electron chi connectivity index (χ2n) is 6.10. The van der Waals surface area contributed by atoms with Crippen molar-refractivity contribution in [2.75, 3.05) is 26.2 Å². The fraction of sp³-hybridized carbons (Fsp3) is 0.444. The number of benzene rings is 1. The van der Waals surface area contributed by atoms with Crippen LogP contribution in [0.1, 0.15) is 19.0 Å². The topological polar surface area (TPSA) is 65.7 Å². The van der Waals surface area contributed by atoms with E-state index in [1.54, 1.807) is 16.8 Å². The molecular weight excluding hydrogens is 321 g/mol. The number of nitrogens with one attached hydrogen (secondary N) is 1. The molecule has 1 aromatic heterocycles. The quantitative estimate of drug-likeness (QED) is 0.638. The number of aliphatic hydroxyl groups excluding tert-OH is 1. The summed E-state index contributed by atoms with van der Waals surface area (Å²) >= 11 is 0. The molecule has 1 atom stereocenters. The number of aromatic nitrogens is 2. The van der Waals surface area contributed by atoms with Crippen molar-refractivity contribution in [3.05, 3.63) is 48.0 Å². The number of nitrogens with zero attached hydrogens (tertiary/aromatic N) is 4. The molecule has 1 aromatic carbocycles. The number of hydrogen-bond donors (Lipinski definition) is 2. The van der Waals surface area contributed by atoms with Crippen LogP contribution < -0.4 is 5.32 Å². The summed E-state index contributed by atoms with van der Waals surface area (Å²) in [5.41, 5.74) is 1.76. The molecular formula is C18H24FN5O. The maximum Gasteiger partial charge on any atom is 0.194 e. The summed E-state index contributed by atoms with van der Waals surface area (Å²) < 4.78 is 14.7. The van der Waals surface area contributed by atoms with Crippen molar-refractivity contribution in [3.8, 4) is 5.69 Å². The molecule has 0 bridgehead atoms. The van der Waals surface area contributed by atoms with Gasteiger partial charge in [0.1, 0.15) is 5.82 Å². The summed E-state index contributed by atoms with van der Waals surface area (Å²) in [5, 5.41) is 17.5. The highest BCUT2D eigenvalue weighted by molar-refractivity contribution is 5.80. The van der Waals surface area contributed by atoms with E-state index in [2.05, 4.69) is 20.3 Å². The summed E-state index contributed by atoms with van der Waals surface area (Å²) in [7, 11) is 0. The fourth-order valence-electron chi connectivity index (χ4n) is 2.87. The summed E-state index contributed by atoms with van der Waals surface area (Å²) in [5.74, 6) is 0.588. The Morgan fingerprint density at radius 2 is 2.16 bits per heavy atom. The Balaban J connectivity index is 1.59. The van der Waals surface area contributed by atoms with Gasteiger partial charge in [-0.3, -0.25) is 4.99 Å². The molecule has 0 amide bonds. The SMILES string of the molecule is CCNC(=NCCc1ccn(-c2ccc(F)cc2)n1)N1CC[C@@H](O)C1. The molecule has 0 spiro atoms. The monoisotopic (exact) mass is 345 g/mol. The first-order valence-corrected chi connectivity index (χ1v) is 8.67. The number of β-amino-alcohol motifs (C(OH)–C–C–N with tert-alkyl or cyclic N) is 1. The van der Waals surface area contributed by atoms with Crippen LogP contribution in [0.25, 0.3) is 5.69 Å². The number of aliphatic imine (C=N–C) groups is 1. The number of rotatable bonds is 5. The average Bonchev–Trinajstić information content (AvgIpc) is 3.24. The van der Waals surface area contributed by atoms with Gasteiger partial charge in [0, 0.05) is 38.8 Å². The van der Waals surface area contributed by atoms with Gasteiger partial charge in [0.2, 0.25) is 0 Å². The maximum absolute atomic E-state index is 13.0. The van der Waals surface area contributed by atoms with Crippen molar-refractivity contribution < 1.29 is 9.50 Å². The van der Waals surface area contributed by atoms with Crippen molar-refractivity contribution in [2.45, 2.75) is 25.9 Å². The number of hydrogen-bond acceptors (Lipinski definition) is 3. The van der Waals surface area contributed by atoms with E-state index < -0.39 is 0 Å². The van der Waals surface area contributed by atoms with Crippen LogP contribution in [0.4, 0.5) is 4.39 Å². The molecule has 0 saturated carbocycles. The molecule has 1 aliphatic heterocycles. The lowest BCUT2D eigenvalue weighted by Crippen LogP contribution is -2.40. The molecule has 25 heavy (non-hydrogen) atoms. The van der Waals surface area contributed by atoms with Gasteiger partial charge in [-0.25, -0.2) is 9.07 Å². The van der Waals surface area contributed by atoms with Gasteiger partial charge >= 0.3 is 0 Å². The van der Waals surface area contributed by atoms with E-state index >= 15 is 0 Å². The van der Waals surface area contributed by atoms with Crippen LogP contribution in [0.3, 0.4) is 0 Å². The van der Waals surface area contributed by atoms with Gasteiger partial charge in [0.05, 0.1) is 17.5 Å². The van der Waals surface area contributed by atoms with Gasteiger partial charge in [-0.1, -0.05) is 0 Å². The van der Waals surface area contributed by atoms with Gasteiger partial charge in [0.15, 0.2) is 5.96 Å². The molecule has 1 saturated heterocycles. The molecule has 0 radical (unpaired) electrons. The highest BCUT2D eigenvalue weighted by atomic mass is 19.1.